The average molecular weight is 268 g/mol. The number of nitrogens with one attached hydrogen (secondary N) is 1. The van der Waals surface area contributed by atoms with E-state index < -0.39 is 11.0 Å². The van der Waals surface area contributed by atoms with Crippen molar-refractivity contribution in [2.45, 2.75) is 12.6 Å². The van der Waals surface area contributed by atoms with Crippen molar-refractivity contribution in [1.29, 1.82) is 5.26 Å². The van der Waals surface area contributed by atoms with Crippen LogP contribution in [0, 0.1) is 21.4 Å². The number of nitro groups is 1. The SMILES string of the molecule is N#CC(NCc1ccncc1)c1ccccc1[N+](=O)[O-]. The summed E-state index contributed by atoms with van der Waals surface area (Å²) in [6, 6.07) is 11.2. The van der Waals surface area contributed by atoms with E-state index in [1.807, 2.05) is 12.1 Å². The molecule has 1 aromatic carbocycles. The number of hydrogen-bond donors (Lipinski definition) is 1. The fourth-order valence-electron chi connectivity index (χ4n) is 1.84. The molecule has 1 unspecified atom stereocenters. The van der Waals surface area contributed by atoms with Crippen molar-refractivity contribution in [3.63, 3.8) is 0 Å². The van der Waals surface area contributed by atoms with Crippen molar-refractivity contribution in [3.05, 3.63) is 70.0 Å². The quantitative estimate of drug-likeness (QED) is 0.663. The van der Waals surface area contributed by atoms with Crippen LogP contribution in [-0.4, -0.2) is 9.91 Å². The summed E-state index contributed by atoms with van der Waals surface area (Å²) in [5, 5.41) is 23.2. The van der Waals surface area contributed by atoms with E-state index >= 15 is 0 Å². The Labute approximate surface area is 115 Å². The molecule has 0 aliphatic carbocycles. The summed E-state index contributed by atoms with van der Waals surface area (Å²) in [5.74, 6) is 0. The van der Waals surface area contributed by atoms with Gasteiger partial charge >= 0.3 is 0 Å². The maximum absolute atomic E-state index is 11.0. The Bertz CT molecular complexity index is 637. The Balaban J connectivity index is 2.17. The number of nitriles is 1. The lowest BCUT2D eigenvalue weighted by atomic mass is 10.1. The van der Waals surface area contributed by atoms with Gasteiger partial charge in [-0.05, 0) is 23.8 Å². The molecule has 0 saturated carbocycles. The maximum atomic E-state index is 11.0. The van der Waals surface area contributed by atoms with Crippen molar-refractivity contribution >= 4 is 5.69 Å². The van der Waals surface area contributed by atoms with Crippen LogP contribution in [0.4, 0.5) is 5.69 Å². The summed E-state index contributed by atoms with van der Waals surface area (Å²) < 4.78 is 0. The smallest absolute Gasteiger partial charge is 0.275 e. The average Bonchev–Trinajstić information content (AvgIpc) is 2.49. The van der Waals surface area contributed by atoms with Gasteiger partial charge in [0.25, 0.3) is 5.69 Å². The Morgan fingerprint density at radius 3 is 2.65 bits per heavy atom. The minimum absolute atomic E-state index is 0.0544. The van der Waals surface area contributed by atoms with Crippen LogP contribution in [0.25, 0.3) is 0 Å². The molecule has 0 radical (unpaired) electrons. The van der Waals surface area contributed by atoms with Gasteiger partial charge in [-0.2, -0.15) is 5.26 Å². The van der Waals surface area contributed by atoms with Crippen molar-refractivity contribution in [2.24, 2.45) is 0 Å². The summed E-state index contributed by atoms with van der Waals surface area (Å²) in [7, 11) is 0. The molecule has 0 amide bonds. The Morgan fingerprint density at radius 2 is 2.00 bits per heavy atom. The summed E-state index contributed by atoms with van der Waals surface area (Å²) in [4.78, 5) is 14.4. The normalized spacial score (nSPS) is 11.6. The van der Waals surface area contributed by atoms with Gasteiger partial charge in [0, 0.05) is 25.0 Å². The van der Waals surface area contributed by atoms with E-state index in [9.17, 15) is 15.4 Å². The second kappa shape index (κ2) is 6.41. The van der Waals surface area contributed by atoms with Gasteiger partial charge in [-0.25, -0.2) is 0 Å². The van der Waals surface area contributed by atoms with Crippen molar-refractivity contribution < 1.29 is 4.92 Å². The van der Waals surface area contributed by atoms with E-state index in [0.29, 0.717) is 12.1 Å². The Kier molecular flexibility index (Phi) is 4.37. The van der Waals surface area contributed by atoms with E-state index in [1.54, 1.807) is 30.6 Å². The second-order valence-electron chi connectivity index (χ2n) is 4.11. The van der Waals surface area contributed by atoms with Crippen LogP contribution in [0.2, 0.25) is 0 Å². The third-order valence-electron chi connectivity index (χ3n) is 2.83. The standard InChI is InChI=1S/C14H12N4O2/c15-9-13(17-10-11-5-7-16-8-6-11)12-3-1-2-4-14(12)18(19)20/h1-8,13,17H,10H2. The number of aromatic nitrogens is 1. The molecule has 1 aromatic heterocycles. The Hall–Kier alpha value is -2.78. The first-order valence-electron chi connectivity index (χ1n) is 5.97. The highest BCUT2D eigenvalue weighted by atomic mass is 16.6. The molecule has 0 fully saturated rings. The molecule has 1 atom stereocenters. The van der Waals surface area contributed by atoms with E-state index in [0.717, 1.165) is 5.56 Å². The third-order valence-corrected chi connectivity index (χ3v) is 2.83. The van der Waals surface area contributed by atoms with E-state index in [2.05, 4.69) is 16.4 Å². The first kappa shape index (κ1) is 13.6. The van der Waals surface area contributed by atoms with Crippen LogP contribution in [0.3, 0.4) is 0 Å². The molecule has 1 N–H and O–H groups in total. The molecule has 20 heavy (non-hydrogen) atoms. The van der Waals surface area contributed by atoms with Crippen molar-refractivity contribution in [3.8, 4) is 6.07 Å². The fourth-order valence-corrected chi connectivity index (χ4v) is 1.84. The minimum Gasteiger partial charge on any atom is -0.294 e. The van der Waals surface area contributed by atoms with E-state index in [1.165, 1.54) is 6.07 Å². The predicted molar refractivity (Wildman–Crippen MR) is 72.5 cm³/mol. The molecule has 2 aromatic rings. The van der Waals surface area contributed by atoms with E-state index in [-0.39, 0.29) is 5.69 Å². The largest absolute Gasteiger partial charge is 0.294 e. The van der Waals surface area contributed by atoms with Gasteiger partial charge in [0.1, 0.15) is 6.04 Å². The highest BCUT2D eigenvalue weighted by Gasteiger charge is 2.20. The summed E-state index contributed by atoms with van der Waals surface area (Å²) in [6.07, 6.45) is 3.31. The van der Waals surface area contributed by atoms with Gasteiger partial charge in [0.15, 0.2) is 0 Å². The zero-order valence-corrected chi connectivity index (χ0v) is 10.6. The lowest BCUT2D eigenvalue weighted by Gasteiger charge is -2.12. The number of rotatable bonds is 5. The number of hydrogen-bond acceptors (Lipinski definition) is 5. The molecule has 0 bridgehead atoms. The number of para-hydroxylation sites is 1. The molecule has 6 nitrogen and oxygen atoms in total. The second-order valence-corrected chi connectivity index (χ2v) is 4.11. The molecular weight excluding hydrogens is 256 g/mol. The molecule has 0 saturated heterocycles. The van der Waals surface area contributed by atoms with Crippen LogP contribution >= 0.6 is 0 Å². The van der Waals surface area contributed by atoms with Crippen LogP contribution < -0.4 is 5.32 Å². The zero-order valence-electron chi connectivity index (χ0n) is 10.6. The highest BCUT2D eigenvalue weighted by Crippen LogP contribution is 2.24. The van der Waals surface area contributed by atoms with Gasteiger partial charge < -0.3 is 0 Å². The third kappa shape index (κ3) is 3.16. The lowest BCUT2D eigenvalue weighted by Crippen LogP contribution is -2.20. The molecule has 0 aliphatic rings. The topological polar surface area (TPSA) is 91.8 Å². The maximum Gasteiger partial charge on any atom is 0.275 e. The predicted octanol–water partition coefficient (Wildman–Crippen LogP) is 2.34. The number of nitrogens with zero attached hydrogens (tertiary/aromatic N) is 3. The van der Waals surface area contributed by atoms with Crippen LogP contribution in [-0.2, 0) is 6.54 Å². The molecule has 0 spiro atoms. The molecule has 0 aliphatic heterocycles. The lowest BCUT2D eigenvalue weighted by molar-refractivity contribution is -0.385. The van der Waals surface area contributed by atoms with E-state index in [4.69, 9.17) is 0 Å². The molecule has 100 valence electrons. The molecule has 2 rings (SSSR count). The molecular formula is C14H12N4O2. The fraction of sp³-hybridized carbons (Fsp3) is 0.143. The van der Waals surface area contributed by atoms with Gasteiger partial charge in [0.2, 0.25) is 0 Å². The highest BCUT2D eigenvalue weighted by molar-refractivity contribution is 5.44. The monoisotopic (exact) mass is 268 g/mol. The van der Waals surface area contributed by atoms with Crippen LogP contribution in [0.5, 0.6) is 0 Å². The molecule has 1 heterocycles. The first-order chi connectivity index (χ1) is 9.72. The van der Waals surface area contributed by atoms with Gasteiger partial charge in [-0.1, -0.05) is 12.1 Å². The van der Waals surface area contributed by atoms with Gasteiger partial charge in [0.05, 0.1) is 16.6 Å². The summed E-state index contributed by atoms with van der Waals surface area (Å²) in [6.45, 7) is 0.437. The number of benzene rings is 1. The summed E-state index contributed by atoms with van der Waals surface area (Å²) >= 11 is 0. The Morgan fingerprint density at radius 1 is 1.30 bits per heavy atom. The summed E-state index contributed by atoms with van der Waals surface area (Å²) in [5.41, 5.74) is 1.27. The van der Waals surface area contributed by atoms with Crippen LogP contribution in [0.15, 0.2) is 48.8 Å². The van der Waals surface area contributed by atoms with Gasteiger partial charge in [-0.15, -0.1) is 0 Å². The zero-order chi connectivity index (χ0) is 14.4. The van der Waals surface area contributed by atoms with Crippen molar-refractivity contribution in [1.82, 2.24) is 10.3 Å². The number of pyridine rings is 1. The first-order valence-corrected chi connectivity index (χ1v) is 5.97. The number of nitro benzene ring substituents is 1. The minimum atomic E-state index is -0.732. The van der Waals surface area contributed by atoms with Crippen LogP contribution in [0.1, 0.15) is 17.2 Å². The molecule has 6 heteroatoms. The van der Waals surface area contributed by atoms with Crippen molar-refractivity contribution in [2.75, 3.05) is 0 Å². The van der Waals surface area contributed by atoms with Gasteiger partial charge in [-0.3, -0.25) is 20.4 Å².